The smallest absolute Gasteiger partial charge is 0.285 e. The molecule has 0 radical (unpaired) electrons. The van der Waals surface area contributed by atoms with E-state index in [2.05, 4.69) is 0 Å². The zero-order chi connectivity index (χ0) is 17.0. The molecule has 1 heterocycles. The molecule has 2 aromatic rings. The highest BCUT2D eigenvalue weighted by atomic mass is 16.5. The van der Waals surface area contributed by atoms with E-state index in [4.69, 9.17) is 0 Å². The van der Waals surface area contributed by atoms with Crippen molar-refractivity contribution in [1.29, 1.82) is 0 Å². The van der Waals surface area contributed by atoms with E-state index >= 15 is 0 Å². The lowest BCUT2D eigenvalue weighted by Crippen LogP contribution is -2.25. The number of carbonyl (C=O) groups excluding carboxylic acids is 4. The number of Topliss-reactive ketones (excluding diaryl/α,β-unsaturated/α-hetero) is 1. The molecular weight excluding hydrogens is 310 g/mol. The quantitative estimate of drug-likeness (QED) is 0.642. The minimum absolute atomic E-state index is 0.00000703. The van der Waals surface area contributed by atoms with Crippen molar-refractivity contribution in [2.75, 3.05) is 0 Å². The largest absolute Gasteiger partial charge is 0.289 e. The highest BCUT2D eigenvalue weighted by Crippen LogP contribution is 2.31. The van der Waals surface area contributed by atoms with Crippen LogP contribution in [0.15, 0.2) is 48.5 Å². The van der Waals surface area contributed by atoms with Crippen LogP contribution in [0.1, 0.15) is 47.0 Å². The first-order valence-electron chi connectivity index (χ1n) is 7.11. The van der Waals surface area contributed by atoms with Gasteiger partial charge in [0.1, 0.15) is 0 Å². The van der Waals surface area contributed by atoms with Gasteiger partial charge in [-0.3, -0.25) is 24.4 Å². The summed E-state index contributed by atoms with van der Waals surface area (Å²) in [6.45, 7) is 0. The number of amides is 2. The van der Waals surface area contributed by atoms with Gasteiger partial charge in [0, 0.05) is 16.7 Å². The Balaban J connectivity index is 1.85. The Hall–Kier alpha value is -3.38. The summed E-state index contributed by atoms with van der Waals surface area (Å²) in [6.07, 6.45) is 1.23. The van der Waals surface area contributed by atoms with Crippen LogP contribution in [0.3, 0.4) is 0 Å². The summed E-state index contributed by atoms with van der Waals surface area (Å²) < 4.78 is 0. The Labute approximate surface area is 135 Å². The summed E-state index contributed by atoms with van der Waals surface area (Å²) in [6, 6.07) is 10.7. The fourth-order valence-electron chi connectivity index (χ4n) is 2.93. The van der Waals surface area contributed by atoms with Crippen molar-refractivity contribution in [3.8, 4) is 0 Å². The number of imide groups is 1. The van der Waals surface area contributed by atoms with Gasteiger partial charge in [-0.05, 0) is 23.8 Å². The molecule has 6 heteroatoms. The summed E-state index contributed by atoms with van der Waals surface area (Å²) in [5.41, 5.74) is 1.19. The maximum absolute atomic E-state index is 12.6. The second-order valence-electron chi connectivity index (χ2n) is 5.48. The fraction of sp³-hybridized carbons (Fsp3) is 0. The molecule has 0 unspecified atom stereocenters. The molecule has 2 aliphatic rings. The monoisotopic (exact) mass is 319 g/mol. The van der Waals surface area contributed by atoms with Gasteiger partial charge < -0.3 is 0 Å². The number of hydrogen-bond donors (Lipinski definition) is 1. The molecular formula is C18H9NO5. The Morgan fingerprint density at radius 2 is 1.42 bits per heavy atom. The van der Waals surface area contributed by atoms with Gasteiger partial charge in [-0.1, -0.05) is 30.3 Å². The summed E-state index contributed by atoms with van der Waals surface area (Å²) >= 11 is 0. The predicted octanol–water partition coefficient (Wildman–Crippen LogP) is 2.13. The van der Waals surface area contributed by atoms with Crippen LogP contribution in [-0.2, 0) is 0 Å². The van der Waals surface area contributed by atoms with Crippen LogP contribution in [0.5, 0.6) is 0 Å². The lowest BCUT2D eigenvalue weighted by Gasteiger charge is -2.15. The zero-order valence-corrected chi connectivity index (χ0v) is 12.1. The number of rotatable bonds is 1. The Kier molecular flexibility index (Phi) is 2.85. The maximum atomic E-state index is 12.6. The van der Waals surface area contributed by atoms with Crippen molar-refractivity contribution in [2.24, 2.45) is 0 Å². The van der Waals surface area contributed by atoms with Crippen molar-refractivity contribution in [3.05, 3.63) is 76.4 Å². The first-order chi connectivity index (χ1) is 11.5. The van der Waals surface area contributed by atoms with Crippen molar-refractivity contribution in [1.82, 2.24) is 5.06 Å². The minimum Gasteiger partial charge on any atom is -0.289 e. The van der Waals surface area contributed by atoms with E-state index in [1.165, 1.54) is 24.3 Å². The number of hydroxylamine groups is 2. The molecule has 1 N–H and O–H groups in total. The average Bonchev–Trinajstić information content (AvgIpc) is 2.82. The van der Waals surface area contributed by atoms with Crippen LogP contribution < -0.4 is 0 Å². The first-order valence-corrected chi connectivity index (χ1v) is 7.11. The molecule has 0 fully saturated rings. The van der Waals surface area contributed by atoms with Crippen molar-refractivity contribution in [3.63, 3.8) is 0 Å². The van der Waals surface area contributed by atoms with Crippen LogP contribution in [0.4, 0.5) is 0 Å². The lowest BCUT2D eigenvalue weighted by atomic mass is 9.85. The summed E-state index contributed by atoms with van der Waals surface area (Å²) in [5.74, 6) is -2.30. The second kappa shape index (κ2) is 4.81. The van der Waals surface area contributed by atoms with Gasteiger partial charge in [-0.2, -0.15) is 0 Å². The van der Waals surface area contributed by atoms with E-state index in [1.54, 1.807) is 24.3 Å². The van der Waals surface area contributed by atoms with Gasteiger partial charge in [0.15, 0.2) is 11.6 Å². The molecule has 2 amide bonds. The molecule has 2 aromatic carbocycles. The molecule has 1 aliphatic heterocycles. The number of benzene rings is 2. The number of hydrogen-bond acceptors (Lipinski definition) is 5. The molecule has 1 aliphatic carbocycles. The van der Waals surface area contributed by atoms with Gasteiger partial charge in [0.25, 0.3) is 11.8 Å². The van der Waals surface area contributed by atoms with E-state index in [0.29, 0.717) is 16.7 Å². The number of ketones is 2. The van der Waals surface area contributed by atoms with E-state index in [0.717, 1.165) is 0 Å². The molecule has 0 aromatic heterocycles. The summed E-state index contributed by atoms with van der Waals surface area (Å²) in [4.78, 5) is 48.4. The normalized spacial score (nSPS) is 16.2. The molecule has 0 saturated heterocycles. The van der Waals surface area contributed by atoms with Crippen LogP contribution in [-0.4, -0.2) is 33.7 Å². The van der Waals surface area contributed by atoms with Gasteiger partial charge in [0.05, 0.1) is 11.1 Å². The van der Waals surface area contributed by atoms with Gasteiger partial charge >= 0.3 is 0 Å². The van der Waals surface area contributed by atoms with E-state index < -0.39 is 11.8 Å². The highest BCUT2D eigenvalue weighted by Gasteiger charge is 2.36. The number of nitrogens with zero attached hydrogens (tertiary/aromatic N) is 1. The van der Waals surface area contributed by atoms with E-state index in [1.807, 2.05) is 0 Å². The Morgan fingerprint density at radius 1 is 0.750 bits per heavy atom. The third kappa shape index (κ3) is 1.80. The topological polar surface area (TPSA) is 91.8 Å². The maximum Gasteiger partial charge on any atom is 0.285 e. The molecule has 4 rings (SSSR count). The Bertz CT molecular complexity index is 1000. The van der Waals surface area contributed by atoms with Gasteiger partial charge in [-0.15, -0.1) is 5.06 Å². The second-order valence-corrected chi connectivity index (χ2v) is 5.48. The molecule has 24 heavy (non-hydrogen) atoms. The summed E-state index contributed by atoms with van der Waals surface area (Å²) in [7, 11) is 0. The zero-order valence-electron chi connectivity index (χ0n) is 12.1. The predicted molar refractivity (Wildman–Crippen MR) is 81.8 cm³/mol. The van der Waals surface area contributed by atoms with Crippen molar-refractivity contribution in [2.45, 2.75) is 0 Å². The van der Waals surface area contributed by atoms with Crippen LogP contribution >= 0.6 is 0 Å². The summed E-state index contributed by atoms with van der Waals surface area (Å²) in [5, 5.41) is 9.45. The molecule has 6 nitrogen and oxygen atoms in total. The third-order valence-corrected chi connectivity index (χ3v) is 4.13. The van der Waals surface area contributed by atoms with Gasteiger partial charge in [-0.25, -0.2) is 0 Å². The van der Waals surface area contributed by atoms with Crippen LogP contribution in [0.25, 0.3) is 5.57 Å². The molecule has 0 bridgehead atoms. The first kappa shape index (κ1) is 14.2. The van der Waals surface area contributed by atoms with Crippen LogP contribution in [0, 0.1) is 0 Å². The van der Waals surface area contributed by atoms with E-state index in [9.17, 15) is 24.4 Å². The SMILES string of the molecule is O=C1C=C(c2ccc3c(c2)C(=O)N(O)C3=O)C(=O)c2ccccc21. The number of allylic oxidation sites excluding steroid dienone is 2. The molecule has 116 valence electrons. The number of carbonyl (C=O) groups is 4. The molecule has 0 spiro atoms. The van der Waals surface area contributed by atoms with Crippen molar-refractivity contribution < 1.29 is 24.4 Å². The Morgan fingerprint density at radius 3 is 2.17 bits per heavy atom. The average molecular weight is 319 g/mol. The van der Waals surface area contributed by atoms with Crippen LogP contribution in [0.2, 0.25) is 0 Å². The number of fused-ring (bicyclic) bond motifs is 2. The standard InChI is InChI=1S/C18H9NO5/c20-15-8-13(16(21)11-4-2-1-3-10(11)15)9-5-6-12-14(7-9)18(23)19(24)17(12)22/h1-8,24H. The minimum atomic E-state index is -0.854. The highest BCUT2D eigenvalue weighted by molar-refractivity contribution is 6.38. The molecule has 0 saturated carbocycles. The molecule has 0 atom stereocenters. The van der Waals surface area contributed by atoms with E-state index in [-0.39, 0.29) is 33.3 Å². The van der Waals surface area contributed by atoms with Gasteiger partial charge in [0.2, 0.25) is 0 Å². The fourth-order valence-corrected chi connectivity index (χ4v) is 2.93. The third-order valence-electron chi connectivity index (χ3n) is 4.13. The lowest BCUT2D eigenvalue weighted by molar-refractivity contribution is -0.0327. The van der Waals surface area contributed by atoms with Crippen molar-refractivity contribution >= 4 is 29.0 Å².